The molecule has 0 spiro atoms. The Morgan fingerprint density at radius 3 is 2.62 bits per heavy atom. The molecular formula is C21H31N3O5. The summed E-state index contributed by atoms with van der Waals surface area (Å²) in [6, 6.07) is 3.31. The predicted molar refractivity (Wildman–Crippen MR) is 109 cm³/mol. The molecule has 3 amide bonds. The van der Waals surface area contributed by atoms with Crippen LogP contribution in [-0.2, 0) is 14.3 Å². The van der Waals surface area contributed by atoms with Crippen molar-refractivity contribution in [3.63, 3.8) is 0 Å². The van der Waals surface area contributed by atoms with E-state index in [1.54, 1.807) is 21.9 Å². The second-order valence-electron chi connectivity index (χ2n) is 8.39. The van der Waals surface area contributed by atoms with Crippen molar-refractivity contribution in [2.24, 2.45) is 5.92 Å². The molecule has 0 bridgehead atoms. The van der Waals surface area contributed by atoms with Crippen LogP contribution < -0.4 is 5.32 Å². The third-order valence-corrected chi connectivity index (χ3v) is 4.52. The largest absolute Gasteiger partial charge is 0.465 e. The summed E-state index contributed by atoms with van der Waals surface area (Å²) >= 11 is 0. The van der Waals surface area contributed by atoms with Gasteiger partial charge >= 0.3 is 6.09 Å². The van der Waals surface area contributed by atoms with Crippen LogP contribution in [0, 0.1) is 5.92 Å². The van der Waals surface area contributed by atoms with Crippen LogP contribution >= 0.6 is 0 Å². The second-order valence-corrected chi connectivity index (χ2v) is 8.39. The third kappa shape index (κ3) is 6.96. The van der Waals surface area contributed by atoms with Gasteiger partial charge in [-0.05, 0) is 44.9 Å². The van der Waals surface area contributed by atoms with E-state index >= 15 is 0 Å². The van der Waals surface area contributed by atoms with Crippen molar-refractivity contribution in [1.29, 1.82) is 0 Å². The monoisotopic (exact) mass is 405 g/mol. The number of carbonyl (C=O) groups is 3. The van der Waals surface area contributed by atoms with Crippen LogP contribution in [0.5, 0.6) is 0 Å². The highest BCUT2D eigenvalue weighted by Crippen LogP contribution is 2.20. The maximum atomic E-state index is 12.5. The summed E-state index contributed by atoms with van der Waals surface area (Å²) < 4.78 is 10.6. The number of furan rings is 1. The molecule has 1 fully saturated rings. The van der Waals surface area contributed by atoms with Crippen molar-refractivity contribution >= 4 is 24.0 Å². The Bertz CT molecular complexity index is 734. The van der Waals surface area contributed by atoms with Gasteiger partial charge in [-0.2, -0.15) is 0 Å². The highest BCUT2D eigenvalue weighted by atomic mass is 16.6. The molecule has 1 aromatic heterocycles. The van der Waals surface area contributed by atoms with E-state index in [1.807, 2.05) is 34.6 Å². The van der Waals surface area contributed by atoms with Crippen LogP contribution in [-0.4, -0.2) is 65.5 Å². The molecule has 0 aliphatic carbocycles. The van der Waals surface area contributed by atoms with Gasteiger partial charge in [-0.15, -0.1) is 0 Å². The fraction of sp³-hybridized carbons (Fsp3) is 0.571. The molecule has 2 rings (SSSR count). The number of ether oxygens (including phenoxy) is 1. The summed E-state index contributed by atoms with van der Waals surface area (Å²) in [6.45, 7) is 10.6. The van der Waals surface area contributed by atoms with Crippen molar-refractivity contribution < 1.29 is 23.5 Å². The SMILES string of the molecule is CC(C)[C@H]1CN(C(=O)CNC(=O)C=Cc2ccco2)CCN1C(=O)OC(C)(C)C. The number of hydrogen-bond donors (Lipinski definition) is 1. The molecule has 1 N–H and O–H groups in total. The van der Waals surface area contributed by atoms with Gasteiger partial charge in [0.05, 0.1) is 18.8 Å². The number of amides is 3. The predicted octanol–water partition coefficient (Wildman–Crippen LogP) is 2.51. The number of piperazine rings is 1. The lowest BCUT2D eigenvalue weighted by molar-refractivity contribution is -0.135. The first kappa shape index (κ1) is 22.5. The van der Waals surface area contributed by atoms with Gasteiger partial charge in [0.15, 0.2) is 0 Å². The van der Waals surface area contributed by atoms with Crippen LogP contribution in [0.15, 0.2) is 28.9 Å². The van der Waals surface area contributed by atoms with Crippen molar-refractivity contribution in [2.75, 3.05) is 26.2 Å². The molecule has 0 aromatic carbocycles. The van der Waals surface area contributed by atoms with Gasteiger partial charge < -0.3 is 24.3 Å². The molecule has 1 aromatic rings. The Labute approximate surface area is 171 Å². The molecule has 29 heavy (non-hydrogen) atoms. The molecule has 0 unspecified atom stereocenters. The van der Waals surface area contributed by atoms with Crippen LogP contribution in [0.4, 0.5) is 4.79 Å². The minimum absolute atomic E-state index is 0.0986. The van der Waals surface area contributed by atoms with E-state index < -0.39 is 5.60 Å². The molecular weight excluding hydrogens is 374 g/mol. The first-order valence-corrected chi connectivity index (χ1v) is 9.83. The quantitative estimate of drug-likeness (QED) is 0.760. The highest BCUT2D eigenvalue weighted by Gasteiger charge is 2.36. The zero-order valence-electron chi connectivity index (χ0n) is 17.8. The highest BCUT2D eigenvalue weighted by molar-refractivity contribution is 5.94. The van der Waals surface area contributed by atoms with Gasteiger partial charge in [0.25, 0.3) is 0 Å². The summed E-state index contributed by atoms with van der Waals surface area (Å²) in [5, 5.41) is 2.59. The van der Waals surface area contributed by atoms with Crippen molar-refractivity contribution in [1.82, 2.24) is 15.1 Å². The van der Waals surface area contributed by atoms with E-state index in [9.17, 15) is 14.4 Å². The van der Waals surface area contributed by atoms with Gasteiger partial charge in [0, 0.05) is 25.7 Å². The van der Waals surface area contributed by atoms with Gasteiger partial charge in [0.2, 0.25) is 11.8 Å². The zero-order chi connectivity index (χ0) is 21.6. The van der Waals surface area contributed by atoms with Crippen molar-refractivity contribution in [2.45, 2.75) is 46.3 Å². The van der Waals surface area contributed by atoms with Gasteiger partial charge in [-0.25, -0.2) is 4.79 Å². The smallest absolute Gasteiger partial charge is 0.410 e. The fourth-order valence-electron chi connectivity index (χ4n) is 3.03. The second kappa shape index (κ2) is 9.62. The molecule has 8 nitrogen and oxygen atoms in total. The fourth-order valence-corrected chi connectivity index (χ4v) is 3.03. The first-order valence-electron chi connectivity index (χ1n) is 9.83. The lowest BCUT2D eigenvalue weighted by Gasteiger charge is -2.43. The zero-order valence-corrected chi connectivity index (χ0v) is 17.8. The standard InChI is InChI=1S/C21H31N3O5/c1-15(2)17-14-23(10-11-24(17)20(27)29-21(3,4)5)19(26)13-22-18(25)9-8-16-7-6-12-28-16/h6-9,12,15,17H,10-11,13-14H2,1-5H3,(H,22,25)/t17-/m1/s1. The van der Waals surface area contributed by atoms with Crippen molar-refractivity contribution in [3.05, 3.63) is 30.2 Å². The molecule has 8 heteroatoms. The van der Waals surface area contributed by atoms with Gasteiger partial charge in [0.1, 0.15) is 11.4 Å². The maximum Gasteiger partial charge on any atom is 0.410 e. The molecule has 160 valence electrons. The van der Waals surface area contributed by atoms with Crippen LogP contribution in [0.25, 0.3) is 6.08 Å². The first-order chi connectivity index (χ1) is 13.6. The van der Waals surface area contributed by atoms with E-state index in [0.29, 0.717) is 25.4 Å². The number of hydrogen-bond acceptors (Lipinski definition) is 5. The average molecular weight is 405 g/mol. The van der Waals surface area contributed by atoms with Gasteiger partial charge in [-0.1, -0.05) is 13.8 Å². The minimum atomic E-state index is -0.570. The topological polar surface area (TPSA) is 92.1 Å². The Kier molecular flexibility index (Phi) is 7.47. The number of nitrogens with zero attached hydrogens (tertiary/aromatic N) is 2. The molecule has 1 atom stereocenters. The maximum absolute atomic E-state index is 12.5. The third-order valence-electron chi connectivity index (χ3n) is 4.52. The Hall–Kier alpha value is -2.77. The number of nitrogens with one attached hydrogen (secondary N) is 1. The summed E-state index contributed by atoms with van der Waals surface area (Å²) in [5.74, 6) is 0.162. The summed E-state index contributed by atoms with van der Waals surface area (Å²) in [5.41, 5.74) is -0.570. The molecule has 1 aliphatic rings. The van der Waals surface area contributed by atoms with E-state index in [2.05, 4.69) is 5.32 Å². The van der Waals surface area contributed by atoms with E-state index in [0.717, 1.165) is 0 Å². The normalized spacial score (nSPS) is 17.7. The molecule has 1 aliphatic heterocycles. The minimum Gasteiger partial charge on any atom is -0.465 e. The van der Waals surface area contributed by atoms with E-state index in [-0.39, 0.29) is 36.4 Å². The molecule has 0 radical (unpaired) electrons. The van der Waals surface area contributed by atoms with Crippen LogP contribution in [0.2, 0.25) is 0 Å². The number of carbonyl (C=O) groups excluding carboxylic acids is 3. The van der Waals surface area contributed by atoms with Crippen LogP contribution in [0.3, 0.4) is 0 Å². The summed E-state index contributed by atoms with van der Waals surface area (Å²) in [4.78, 5) is 40.3. The summed E-state index contributed by atoms with van der Waals surface area (Å²) in [7, 11) is 0. The Morgan fingerprint density at radius 1 is 1.31 bits per heavy atom. The average Bonchev–Trinajstić information content (AvgIpc) is 3.16. The van der Waals surface area contributed by atoms with E-state index in [1.165, 1.54) is 18.4 Å². The van der Waals surface area contributed by atoms with Gasteiger partial charge in [-0.3, -0.25) is 9.59 Å². The Balaban J connectivity index is 1.88. The Morgan fingerprint density at radius 2 is 2.03 bits per heavy atom. The molecule has 1 saturated heterocycles. The lowest BCUT2D eigenvalue weighted by Crippen LogP contribution is -2.60. The molecule has 2 heterocycles. The van der Waals surface area contributed by atoms with Crippen LogP contribution in [0.1, 0.15) is 40.4 Å². The summed E-state index contributed by atoms with van der Waals surface area (Å²) in [6.07, 6.45) is 4.01. The lowest BCUT2D eigenvalue weighted by atomic mass is 10.00. The number of rotatable bonds is 5. The van der Waals surface area contributed by atoms with E-state index in [4.69, 9.17) is 9.15 Å². The molecule has 0 saturated carbocycles. The van der Waals surface area contributed by atoms with Crippen molar-refractivity contribution in [3.8, 4) is 0 Å².